The largest absolute Gasteiger partial charge is 0.374 e. The third-order valence-electron chi connectivity index (χ3n) is 5.27. The van der Waals surface area contributed by atoms with Crippen LogP contribution >= 0.6 is 0 Å². The molecule has 4 heterocycles. The first-order chi connectivity index (χ1) is 12.3. The van der Waals surface area contributed by atoms with Gasteiger partial charge in [-0.2, -0.15) is 0 Å². The first-order valence-electron chi connectivity index (χ1n) is 9.23. The number of likely N-dealkylation sites (tertiary alicyclic amines) is 1. The quantitative estimate of drug-likeness (QED) is 0.861. The molecule has 4 rings (SSSR count). The number of aromatic nitrogens is 2. The molecule has 5 nitrogen and oxygen atoms in total. The van der Waals surface area contributed by atoms with Crippen LogP contribution in [0.4, 0.5) is 5.69 Å². The Morgan fingerprint density at radius 1 is 1.12 bits per heavy atom. The van der Waals surface area contributed by atoms with E-state index in [0.29, 0.717) is 12.1 Å². The van der Waals surface area contributed by atoms with E-state index in [2.05, 4.69) is 51.0 Å². The highest BCUT2D eigenvalue weighted by Crippen LogP contribution is 2.28. The average molecular weight is 338 g/mol. The van der Waals surface area contributed by atoms with Crippen LogP contribution in [-0.2, 0) is 11.3 Å². The average Bonchev–Trinajstić information content (AvgIpc) is 2.85. The molecule has 0 aliphatic carbocycles. The van der Waals surface area contributed by atoms with Gasteiger partial charge in [0.25, 0.3) is 0 Å². The summed E-state index contributed by atoms with van der Waals surface area (Å²) in [6.45, 7) is 6.88. The Hall–Kier alpha value is -1.98. The number of morpholine rings is 1. The maximum atomic E-state index is 6.13. The molecule has 25 heavy (non-hydrogen) atoms. The molecule has 2 fully saturated rings. The zero-order valence-electron chi connectivity index (χ0n) is 14.8. The van der Waals surface area contributed by atoms with E-state index in [0.717, 1.165) is 57.0 Å². The lowest BCUT2D eigenvalue weighted by Crippen LogP contribution is -2.51. The fraction of sp³-hybridized carbons (Fsp3) is 0.500. The molecule has 0 bridgehead atoms. The summed E-state index contributed by atoms with van der Waals surface area (Å²) in [4.78, 5) is 14.0. The van der Waals surface area contributed by atoms with E-state index < -0.39 is 0 Å². The van der Waals surface area contributed by atoms with E-state index >= 15 is 0 Å². The van der Waals surface area contributed by atoms with Gasteiger partial charge < -0.3 is 9.64 Å². The van der Waals surface area contributed by atoms with Gasteiger partial charge in [-0.1, -0.05) is 6.07 Å². The molecule has 2 saturated heterocycles. The Kier molecular flexibility index (Phi) is 4.95. The predicted molar refractivity (Wildman–Crippen MR) is 98.6 cm³/mol. The lowest BCUT2D eigenvalue weighted by Gasteiger charge is -2.41. The summed E-state index contributed by atoms with van der Waals surface area (Å²) >= 11 is 0. The fourth-order valence-electron chi connectivity index (χ4n) is 4.05. The summed E-state index contributed by atoms with van der Waals surface area (Å²) in [6, 6.07) is 10.9. The van der Waals surface area contributed by atoms with Gasteiger partial charge in [0, 0.05) is 38.1 Å². The van der Waals surface area contributed by atoms with Gasteiger partial charge in [-0.25, -0.2) is 0 Å². The van der Waals surface area contributed by atoms with Crippen LogP contribution in [0.2, 0.25) is 0 Å². The number of ether oxygens (including phenoxy) is 1. The Labute approximate surface area is 149 Å². The van der Waals surface area contributed by atoms with Gasteiger partial charge in [0.05, 0.1) is 36.3 Å². The van der Waals surface area contributed by atoms with Crippen LogP contribution in [0.15, 0.2) is 42.7 Å². The number of anilines is 1. The Morgan fingerprint density at radius 3 is 2.88 bits per heavy atom. The van der Waals surface area contributed by atoms with Gasteiger partial charge in [-0.15, -0.1) is 0 Å². The van der Waals surface area contributed by atoms with Crippen LogP contribution < -0.4 is 4.90 Å². The number of nitrogens with zero attached hydrogens (tertiary/aromatic N) is 4. The topological polar surface area (TPSA) is 41.5 Å². The van der Waals surface area contributed by atoms with Crippen molar-refractivity contribution in [2.75, 3.05) is 31.1 Å². The smallest absolute Gasteiger partial charge is 0.0791 e. The van der Waals surface area contributed by atoms with E-state index in [1.54, 1.807) is 0 Å². The van der Waals surface area contributed by atoms with Crippen molar-refractivity contribution in [3.8, 4) is 0 Å². The van der Waals surface area contributed by atoms with Crippen molar-refractivity contribution >= 4 is 5.69 Å². The van der Waals surface area contributed by atoms with Gasteiger partial charge >= 0.3 is 0 Å². The molecule has 2 aliphatic rings. The monoisotopic (exact) mass is 338 g/mol. The highest BCUT2D eigenvalue weighted by atomic mass is 16.5. The third kappa shape index (κ3) is 3.83. The van der Waals surface area contributed by atoms with Crippen LogP contribution in [-0.4, -0.2) is 53.3 Å². The zero-order valence-corrected chi connectivity index (χ0v) is 14.8. The normalized spacial score (nSPS) is 24.6. The molecule has 0 saturated carbocycles. The van der Waals surface area contributed by atoms with Crippen molar-refractivity contribution in [2.24, 2.45) is 0 Å². The number of hydrogen-bond acceptors (Lipinski definition) is 5. The molecule has 0 spiro atoms. The molecule has 5 heteroatoms. The Balaban J connectivity index is 1.46. The second-order valence-electron chi connectivity index (χ2n) is 7.01. The molecule has 2 aromatic rings. The summed E-state index contributed by atoms with van der Waals surface area (Å²) in [6.07, 6.45) is 6.32. The van der Waals surface area contributed by atoms with Gasteiger partial charge in [-0.3, -0.25) is 14.9 Å². The van der Waals surface area contributed by atoms with Crippen LogP contribution in [0.1, 0.15) is 24.2 Å². The zero-order chi connectivity index (χ0) is 17.1. The van der Waals surface area contributed by atoms with Crippen LogP contribution in [0.3, 0.4) is 0 Å². The molecule has 0 N–H and O–H groups in total. The molecule has 2 aliphatic heterocycles. The SMILES string of the molecule is Cc1cccc(CN2CC[C@H]3OCCN(c4cccnc4)[C@H]3CC2)n1. The van der Waals surface area contributed by atoms with E-state index in [9.17, 15) is 0 Å². The molecule has 2 aromatic heterocycles. The first-order valence-corrected chi connectivity index (χ1v) is 9.23. The van der Waals surface area contributed by atoms with Crippen LogP contribution in [0, 0.1) is 6.92 Å². The van der Waals surface area contributed by atoms with E-state index in [1.165, 1.54) is 5.69 Å². The molecule has 0 radical (unpaired) electrons. The van der Waals surface area contributed by atoms with Crippen molar-refractivity contribution in [1.29, 1.82) is 0 Å². The molecular formula is C20H26N4O. The highest BCUT2D eigenvalue weighted by molar-refractivity contribution is 5.45. The standard InChI is InChI=1S/C20H26N4O/c1-16-4-2-5-17(22-16)15-23-10-7-19-20(8-11-23)25-13-12-24(19)18-6-3-9-21-14-18/h2-6,9,14,19-20H,7-8,10-13,15H2,1H3/t19-,20+/m0/s1. The Bertz CT molecular complexity index is 693. The molecule has 132 valence electrons. The van der Waals surface area contributed by atoms with Gasteiger partial charge in [0.1, 0.15) is 0 Å². The number of rotatable bonds is 3. The number of hydrogen-bond donors (Lipinski definition) is 0. The molecule has 2 atom stereocenters. The maximum Gasteiger partial charge on any atom is 0.0791 e. The third-order valence-corrected chi connectivity index (χ3v) is 5.27. The first kappa shape index (κ1) is 16.5. The minimum Gasteiger partial charge on any atom is -0.374 e. The van der Waals surface area contributed by atoms with E-state index in [1.807, 2.05) is 18.5 Å². The van der Waals surface area contributed by atoms with Crippen LogP contribution in [0.25, 0.3) is 0 Å². The summed E-state index contributed by atoms with van der Waals surface area (Å²) < 4.78 is 6.13. The van der Waals surface area contributed by atoms with E-state index in [4.69, 9.17) is 4.74 Å². The molecule has 0 amide bonds. The molecule has 0 aromatic carbocycles. The highest BCUT2D eigenvalue weighted by Gasteiger charge is 2.34. The number of aryl methyl sites for hydroxylation is 1. The second kappa shape index (κ2) is 7.50. The summed E-state index contributed by atoms with van der Waals surface area (Å²) in [7, 11) is 0. The Morgan fingerprint density at radius 2 is 2.04 bits per heavy atom. The van der Waals surface area contributed by atoms with Crippen molar-refractivity contribution in [3.05, 3.63) is 54.1 Å². The summed E-state index contributed by atoms with van der Waals surface area (Å²) in [5.74, 6) is 0. The summed E-state index contributed by atoms with van der Waals surface area (Å²) in [5.41, 5.74) is 3.47. The van der Waals surface area contributed by atoms with Gasteiger partial charge in [0.15, 0.2) is 0 Å². The molecular weight excluding hydrogens is 312 g/mol. The van der Waals surface area contributed by atoms with Crippen molar-refractivity contribution < 1.29 is 4.74 Å². The van der Waals surface area contributed by atoms with Gasteiger partial charge in [-0.05, 0) is 44.0 Å². The fourth-order valence-corrected chi connectivity index (χ4v) is 4.05. The minimum absolute atomic E-state index is 0.310. The summed E-state index contributed by atoms with van der Waals surface area (Å²) in [5, 5.41) is 0. The van der Waals surface area contributed by atoms with Crippen molar-refractivity contribution in [1.82, 2.24) is 14.9 Å². The predicted octanol–water partition coefficient (Wildman–Crippen LogP) is 2.65. The molecule has 0 unspecified atom stereocenters. The van der Waals surface area contributed by atoms with Gasteiger partial charge in [0.2, 0.25) is 0 Å². The van der Waals surface area contributed by atoms with Crippen molar-refractivity contribution in [2.45, 2.75) is 38.5 Å². The van der Waals surface area contributed by atoms with E-state index in [-0.39, 0.29) is 0 Å². The maximum absolute atomic E-state index is 6.13. The lowest BCUT2D eigenvalue weighted by molar-refractivity contribution is 0.00892. The number of fused-ring (bicyclic) bond motifs is 1. The lowest BCUT2D eigenvalue weighted by atomic mass is 10.0. The van der Waals surface area contributed by atoms with Crippen molar-refractivity contribution in [3.63, 3.8) is 0 Å². The van der Waals surface area contributed by atoms with Crippen LogP contribution in [0.5, 0.6) is 0 Å². The number of pyridine rings is 2. The second-order valence-corrected chi connectivity index (χ2v) is 7.01. The minimum atomic E-state index is 0.310.